The van der Waals surface area contributed by atoms with E-state index in [1.807, 2.05) is 26.8 Å². The minimum Gasteiger partial charge on any atom is -0.491 e. The van der Waals surface area contributed by atoms with Gasteiger partial charge in [0, 0.05) is 6.07 Å². The number of ether oxygens (including phenoxy) is 1. The summed E-state index contributed by atoms with van der Waals surface area (Å²) in [5, 5.41) is 0. The summed E-state index contributed by atoms with van der Waals surface area (Å²) in [6, 6.07) is 5.23. The lowest BCUT2D eigenvalue weighted by molar-refractivity contribution is 0.241. The van der Waals surface area contributed by atoms with Gasteiger partial charge in [-0.3, -0.25) is 4.72 Å². The minimum atomic E-state index is -3.24. The van der Waals surface area contributed by atoms with Crippen LogP contribution < -0.4 is 9.46 Å². The molecule has 1 aromatic rings. The van der Waals surface area contributed by atoms with Crippen molar-refractivity contribution in [1.82, 2.24) is 0 Å². The lowest BCUT2D eigenvalue weighted by atomic mass is 10.2. The Morgan fingerprint density at radius 3 is 2.44 bits per heavy atom. The van der Waals surface area contributed by atoms with Crippen molar-refractivity contribution in [3.05, 3.63) is 23.8 Å². The molecule has 0 aliphatic carbocycles. The van der Waals surface area contributed by atoms with Crippen LogP contribution in [0.25, 0.3) is 0 Å². The van der Waals surface area contributed by atoms with Gasteiger partial charge in [-0.1, -0.05) is 6.07 Å². The molecule has 4 nitrogen and oxygen atoms in total. The molecule has 0 aliphatic heterocycles. The average molecular weight is 243 g/mol. The van der Waals surface area contributed by atoms with Crippen molar-refractivity contribution < 1.29 is 13.2 Å². The Hall–Kier alpha value is -1.23. The summed E-state index contributed by atoms with van der Waals surface area (Å²) in [6.45, 7) is 5.77. The quantitative estimate of drug-likeness (QED) is 0.881. The second-order valence-corrected chi connectivity index (χ2v) is 5.77. The van der Waals surface area contributed by atoms with Crippen molar-refractivity contribution in [2.24, 2.45) is 0 Å². The van der Waals surface area contributed by atoms with Crippen molar-refractivity contribution in [2.45, 2.75) is 26.9 Å². The molecule has 90 valence electrons. The monoisotopic (exact) mass is 243 g/mol. The van der Waals surface area contributed by atoms with Gasteiger partial charge >= 0.3 is 0 Å². The normalized spacial score (nSPS) is 11.6. The molecule has 0 radical (unpaired) electrons. The SMILES string of the molecule is Cc1ccc(NS(C)(=O)=O)cc1OC(C)C. The Bertz CT molecular complexity index is 466. The van der Waals surface area contributed by atoms with Crippen LogP contribution in [0.2, 0.25) is 0 Å². The second kappa shape index (κ2) is 4.74. The van der Waals surface area contributed by atoms with E-state index in [9.17, 15) is 8.42 Å². The summed E-state index contributed by atoms with van der Waals surface area (Å²) in [4.78, 5) is 0. The van der Waals surface area contributed by atoms with E-state index in [-0.39, 0.29) is 6.10 Å². The Morgan fingerprint density at radius 2 is 1.94 bits per heavy atom. The van der Waals surface area contributed by atoms with Crippen LogP contribution >= 0.6 is 0 Å². The highest BCUT2D eigenvalue weighted by atomic mass is 32.2. The van der Waals surface area contributed by atoms with Crippen LogP contribution in [0, 0.1) is 6.92 Å². The summed E-state index contributed by atoms with van der Waals surface area (Å²) in [5.41, 5.74) is 1.50. The molecular formula is C11H17NO3S. The molecule has 0 fully saturated rings. The molecule has 0 spiro atoms. The summed E-state index contributed by atoms with van der Waals surface area (Å²) >= 11 is 0. The van der Waals surface area contributed by atoms with E-state index in [0.717, 1.165) is 11.8 Å². The van der Waals surface area contributed by atoms with Crippen molar-refractivity contribution >= 4 is 15.7 Å². The topological polar surface area (TPSA) is 55.4 Å². The van der Waals surface area contributed by atoms with E-state index in [1.54, 1.807) is 12.1 Å². The Labute approximate surface area is 96.7 Å². The number of aryl methyl sites for hydroxylation is 1. The van der Waals surface area contributed by atoms with Crippen LogP contribution in [0.15, 0.2) is 18.2 Å². The van der Waals surface area contributed by atoms with Gasteiger partial charge in [0.25, 0.3) is 0 Å². The maximum atomic E-state index is 11.1. The molecule has 0 aliphatic rings. The van der Waals surface area contributed by atoms with Gasteiger partial charge < -0.3 is 4.74 Å². The molecule has 1 rings (SSSR count). The maximum absolute atomic E-state index is 11.1. The van der Waals surface area contributed by atoms with Crippen molar-refractivity contribution in [1.29, 1.82) is 0 Å². The maximum Gasteiger partial charge on any atom is 0.229 e. The van der Waals surface area contributed by atoms with E-state index < -0.39 is 10.0 Å². The van der Waals surface area contributed by atoms with Gasteiger partial charge in [0.15, 0.2) is 0 Å². The van der Waals surface area contributed by atoms with Gasteiger partial charge in [-0.2, -0.15) is 0 Å². The summed E-state index contributed by atoms with van der Waals surface area (Å²) in [7, 11) is -3.24. The number of anilines is 1. The van der Waals surface area contributed by atoms with Gasteiger partial charge in [-0.25, -0.2) is 8.42 Å². The third-order valence-electron chi connectivity index (χ3n) is 1.85. The Morgan fingerprint density at radius 1 is 1.31 bits per heavy atom. The molecule has 0 atom stereocenters. The molecule has 0 aromatic heterocycles. The number of hydrogen-bond acceptors (Lipinski definition) is 3. The third kappa shape index (κ3) is 4.10. The average Bonchev–Trinajstić information content (AvgIpc) is 2.07. The number of sulfonamides is 1. The first-order valence-corrected chi connectivity index (χ1v) is 6.92. The number of nitrogens with one attached hydrogen (secondary N) is 1. The first-order valence-electron chi connectivity index (χ1n) is 5.03. The molecule has 16 heavy (non-hydrogen) atoms. The van der Waals surface area contributed by atoms with Gasteiger partial charge in [0.05, 0.1) is 18.0 Å². The summed E-state index contributed by atoms with van der Waals surface area (Å²) < 4.78 is 30.1. The van der Waals surface area contributed by atoms with Gasteiger partial charge in [-0.15, -0.1) is 0 Å². The highest BCUT2D eigenvalue weighted by Gasteiger charge is 2.06. The van der Waals surface area contributed by atoms with Gasteiger partial charge in [-0.05, 0) is 32.4 Å². The van der Waals surface area contributed by atoms with E-state index in [4.69, 9.17) is 4.74 Å². The molecule has 5 heteroatoms. The molecule has 0 amide bonds. The van der Waals surface area contributed by atoms with Crippen LogP contribution in [0.5, 0.6) is 5.75 Å². The highest BCUT2D eigenvalue weighted by Crippen LogP contribution is 2.24. The van der Waals surface area contributed by atoms with E-state index in [2.05, 4.69) is 4.72 Å². The van der Waals surface area contributed by atoms with Crippen molar-refractivity contribution in [3.63, 3.8) is 0 Å². The predicted molar refractivity (Wildman–Crippen MR) is 65.4 cm³/mol. The number of rotatable bonds is 4. The number of hydrogen-bond donors (Lipinski definition) is 1. The molecule has 0 saturated carbocycles. The van der Waals surface area contributed by atoms with E-state index in [0.29, 0.717) is 11.4 Å². The standard InChI is InChI=1S/C11H17NO3S/c1-8(2)15-11-7-10(6-5-9(11)3)12-16(4,13)14/h5-8,12H,1-4H3. The molecule has 0 saturated heterocycles. The first kappa shape index (κ1) is 12.8. The molecule has 0 unspecified atom stereocenters. The molecule has 0 bridgehead atoms. The van der Waals surface area contributed by atoms with Crippen molar-refractivity contribution in [3.8, 4) is 5.75 Å². The molecular weight excluding hydrogens is 226 g/mol. The minimum absolute atomic E-state index is 0.0622. The summed E-state index contributed by atoms with van der Waals surface area (Å²) in [5.74, 6) is 0.698. The zero-order chi connectivity index (χ0) is 12.3. The Balaban J connectivity index is 2.98. The first-order chi connectivity index (χ1) is 7.28. The smallest absolute Gasteiger partial charge is 0.229 e. The van der Waals surface area contributed by atoms with E-state index >= 15 is 0 Å². The van der Waals surface area contributed by atoms with Crippen LogP contribution in [-0.2, 0) is 10.0 Å². The third-order valence-corrected chi connectivity index (χ3v) is 2.46. The van der Waals surface area contributed by atoms with Crippen LogP contribution in [-0.4, -0.2) is 20.8 Å². The molecule has 1 aromatic carbocycles. The van der Waals surface area contributed by atoms with Crippen molar-refractivity contribution in [2.75, 3.05) is 11.0 Å². The van der Waals surface area contributed by atoms with E-state index in [1.165, 1.54) is 0 Å². The lowest BCUT2D eigenvalue weighted by Crippen LogP contribution is -2.11. The molecule has 1 N–H and O–H groups in total. The largest absolute Gasteiger partial charge is 0.491 e. The summed E-state index contributed by atoms with van der Waals surface area (Å²) in [6.07, 6.45) is 1.18. The Kier molecular flexibility index (Phi) is 3.80. The molecule has 0 heterocycles. The highest BCUT2D eigenvalue weighted by molar-refractivity contribution is 7.92. The van der Waals surface area contributed by atoms with Crippen LogP contribution in [0.3, 0.4) is 0 Å². The van der Waals surface area contributed by atoms with Crippen LogP contribution in [0.4, 0.5) is 5.69 Å². The fraction of sp³-hybridized carbons (Fsp3) is 0.455. The van der Waals surface area contributed by atoms with Crippen LogP contribution in [0.1, 0.15) is 19.4 Å². The zero-order valence-corrected chi connectivity index (χ0v) is 10.8. The fourth-order valence-corrected chi connectivity index (χ4v) is 1.81. The number of benzene rings is 1. The predicted octanol–water partition coefficient (Wildman–Crippen LogP) is 2.15. The van der Waals surface area contributed by atoms with Gasteiger partial charge in [0.2, 0.25) is 10.0 Å². The van der Waals surface area contributed by atoms with Gasteiger partial charge in [0.1, 0.15) is 5.75 Å². The lowest BCUT2D eigenvalue weighted by Gasteiger charge is -2.14. The fourth-order valence-electron chi connectivity index (χ4n) is 1.26. The zero-order valence-electron chi connectivity index (χ0n) is 9.94. The second-order valence-electron chi connectivity index (χ2n) is 4.02.